The molecule has 0 radical (unpaired) electrons. The molecular weight excluding hydrogens is 369 g/mol. The van der Waals surface area contributed by atoms with Crippen LogP contribution in [0.4, 0.5) is 10.1 Å². The molecule has 1 aliphatic heterocycles. The van der Waals surface area contributed by atoms with E-state index in [2.05, 4.69) is 0 Å². The van der Waals surface area contributed by atoms with Crippen LogP contribution in [0, 0.1) is 5.82 Å². The molecule has 1 fully saturated rings. The fourth-order valence-corrected chi connectivity index (χ4v) is 4.48. The summed E-state index contributed by atoms with van der Waals surface area (Å²) in [4.78, 5) is 15.7. The number of likely N-dealkylation sites (N-methyl/N-ethyl adjacent to an activating group) is 1. The molecule has 0 aromatic heterocycles. The van der Waals surface area contributed by atoms with Crippen molar-refractivity contribution in [3.05, 3.63) is 60.4 Å². The molecule has 0 spiro atoms. The van der Waals surface area contributed by atoms with Gasteiger partial charge in [-0.3, -0.25) is 9.10 Å². The van der Waals surface area contributed by atoms with E-state index in [0.717, 1.165) is 17.4 Å². The first-order valence-corrected chi connectivity index (χ1v) is 10.2. The topological polar surface area (TPSA) is 62.1 Å². The second kappa shape index (κ2) is 8.06. The summed E-state index contributed by atoms with van der Waals surface area (Å²) in [6.07, 6.45) is 0. The number of carbonyl (C=O) groups is 1. The lowest BCUT2D eigenvalue weighted by Crippen LogP contribution is -3.12. The standard InChI is InChI=1S/C19H22FN3O3S/c1-21-11-13-22(14-12-21)19(24)15-23(18-10-6-5-9-17(18)20)27(25,26)16-7-3-2-4-8-16/h2-10H,11-15H2,1H3/p+1. The Hall–Kier alpha value is -2.45. The summed E-state index contributed by atoms with van der Waals surface area (Å²) < 4.78 is 41.5. The van der Waals surface area contributed by atoms with Crippen molar-refractivity contribution in [1.29, 1.82) is 0 Å². The third-order valence-electron chi connectivity index (χ3n) is 4.70. The Morgan fingerprint density at radius 3 is 2.30 bits per heavy atom. The van der Waals surface area contributed by atoms with Gasteiger partial charge >= 0.3 is 0 Å². The minimum atomic E-state index is -4.08. The van der Waals surface area contributed by atoms with Crippen LogP contribution in [0.5, 0.6) is 0 Å². The van der Waals surface area contributed by atoms with Gasteiger partial charge in [-0.05, 0) is 24.3 Å². The fourth-order valence-electron chi connectivity index (χ4n) is 3.03. The number of halogens is 1. The summed E-state index contributed by atoms with van der Waals surface area (Å²) in [5, 5.41) is 0. The second-order valence-electron chi connectivity index (χ2n) is 6.61. The van der Waals surface area contributed by atoms with Gasteiger partial charge in [0.2, 0.25) is 5.91 Å². The monoisotopic (exact) mass is 392 g/mol. The quantitative estimate of drug-likeness (QED) is 0.800. The van der Waals surface area contributed by atoms with E-state index in [1.54, 1.807) is 29.2 Å². The van der Waals surface area contributed by atoms with Gasteiger partial charge in [0.1, 0.15) is 12.4 Å². The van der Waals surface area contributed by atoms with Crippen LogP contribution in [0.1, 0.15) is 0 Å². The second-order valence-corrected chi connectivity index (χ2v) is 8.48. The van der Waals surface area contributed by atoms with Crippen LogP contribution in [0.3, 0.4) is 0 Å². The van der Waals surface area contributed by atoms with Crippen molar-refractivity contribution in [2.75, 3.05) is 44.1 Å². The number of rotatable bonds is 5. The summed E-state index contributed by atoms with van der Waals surface area (Å²) in [5.41, 5.74) is -0.130. The third kappa shape index (κ3) is 4.28. The SMILES string of the molecule is C[NH+]1CCN(C(=O)CN(c2ccccc2F)S(=O)(=O)c2ccccc2)CC1. The van der Waals surface area contributed by atoms with Crippen LogP contribution in [0.15, 0.2) is 59.5 Å². The van der Waals surface area contributed by atoms with Gasteiger partial charge in [-0.15, -0.1) is 0 Å². The Bertz CT molecular complexity index is 897. The maximum atomic E-state index is 14.4. The fraction of sp³-hybridized carbons (Fsp3) is 0.316. The number of nitrogens with zero attached hydrogens (tertiary/aromatic N) is 2. The zero-order valence-corrected chi connectivity index (χ0v) is 16.0. The van der Waals surface area contributed by atoms with Crippen molar-refractivity contribution in [2.24, 2.45) is 0 Å². The van der Waals surface area contributed by atoms with Crippen LogP contribution in [-0.2, 0) is 14.8 Å². The first-order valence-electron chi connectivity index (χ1n) is 8.81. The summed E-state index contributed by atoms with van der Waals surface area (Å²) in [6, 6.07) is 13.4. The number of hydrogen-bond acceptors (Lipinski definition) is 3. The number of para-hydroxylation sites is 1. The Morgan fingerprint density at radius 2 is 1.67 bits per heavy atom. The molecule has 1 N–H and O–H groups in total. The summed E-state index contributed by atoms with van der Waals surface area (Å²) in [7, 11) is -2.03. The third-order valence-corrected chi connectivity index (χ3v) is 6.47. The van der Waals surface area contributed by atoms with Crippen LogP contribution in [0.2, 0.25) is 0 Å². The highest BCUT2D eigenvalue weighted by molar-refractivity contribution is 7.92. The molecule has 0 saturated carbocycles. The first kappa shape index (κ1) is 19.3. The van der Waals surface area contributed by atoms with Crippen molar-refractivity contribution < 1.29 is 22.5 Å². The number of anilines is 1. The molecule has 27 heavy (non-hydrogen) atoms. The number of benzene rings is 2. The molecule has 1 heterocycles. The molecule has 8 heteroatoms. The molecule has 1 amide bonds. The van der Waals surface area contributed by atoms with Crippen molar-refractivity contribution in [3.63, 3.8) is 0 Å². The Kier molecular flexibility index (Phi) is 5.76. The van der Waals surface area contributed by atoms with Gasteiger partial charge in [0.15, 0.2) is 0 Å². The summed E-state index contributed by atoms with van der Waals surface area (Å²) in [5.74, 6) is -1.02. The largest absolute Gasteiger partial charge is 0.334 e. The van der Waals surface area contributed by atoms with E-state index in [1.165, 1.54) is 35.2 Å². The molecule has 1 saturated heterocycles. The van der Waals surface area contributed by atoms with Gasteiger partial charge in [0.05, 0.1) is 43.8 Å². The highest BCUT2D eigenvalue weighted by Crippen LogP contribution is 2.26. The number of amides is 1. The Labute approximate surface area is 158 Å². The number of quaternary nitrogens is 1. The molecule has 2 aromatic rings. The average molecular weight is 392 g/mol. The van der Waals surface area contributed by atoms with E-state index >= 15 is 0 Å². The molecule has 1 aliphatic rings. The van der Waals surface area contributed by atoms with Gasteiger partial charge in [-0.2, -0.15) is 0 Å². The molecule has 0 unspecified atom stereocenters. The highest BCUT2D eigenvalue weighted by Gasteiger charge is 2.31. The van der Waals surface area contributed by atoms with E-state index in [0.29, 0.717) is 13.1 Å². The smallest absolute Gasteiger partial charge is 0.264 e. The predicted molar refractivity (Wildman–Crippen MR) is 101 cm³/mol. The Morgan fingerprint density at radius 1 is 1.07 bits per heavy atom. The average Bonchev–Trinajstić information content (AvgIpc) is 2.68. The van der Waals surface area contributed by atoms with E-state index < -0.39 is 22.4 Å². The van der Waals surface area contributed by atoms with Gasteiger partial charge in [0, 0.05) is 0 Å². The van der Waals surface area contributed by atoms with Crippen LogP contribution >= 0.6 is 0 Å². The van der Waals surface area contributed by atoms with Gasteiger partial charge in [0.25, 0.3) is 10.0 Å². The van der Waals surface area contributed by atoms with E-state index in [9.17, 15) is 17.6 Å². The predicted octanol–water partition coefficient (Wildman–Crippen LogP) is 0.378. The van der Waals surface area contributed by atoms with Crippen molar-refractivity contribution in [1.82, 2.24) is 4.90 Å². The molecule has 3 rings (SSSR count). The number of hydrogen-bond donors (Lipinski definition) is 1. The first-order chi connectivity index (χ1) is 12.9. The molecule has 144 valence electrons. The number of piperazine rings is 1. The minimum absolute atomic E-state index is 0.0175. The van der Waals surface area contributed by atoms with E-state index in [4.69, 9.17) is 0 Å². The van der Waals surface area contributed by atoms with Crippen molar-refractivity contribution in [2.45, 2.75) is 4.90 Å². The van der Waals surface area contributed by atoms with Crippen LogP contribution in [0.25, 0.3) is 0 Å². The van der Waals surface area contributed by atoms with Gasteiger partial charge in [-0.25, -0.2) is 12.8 Å². The lowest BCUT2D eigenvalue weighted by atomic mass is 10.3. The summed E-state index contributed by atoms with van der Waals surface area (Å²) in [6.45, 7) is 2.29. The zero-order chi connectivity index (χ0) is 19.4. The number of carbonyl (C=O) groups excluding carboxylic acids is 1. The maximum absolute atomic E-state index is 14.4. The molecule has 2 aromatic carbocycles. The molecule has 0 bridgehead atoms. The van der Waals surface area contributed by atoms with Crippen LogP contribution in [-0.4, -0.2) is 59.0 Å². The van der Waals surface area contributed by atoms with E-state index in [-0.39, 0.29) is 16.5 Å². The normalized spacial score (nSPS) is 15.6. The molecular formula is C19H23FN3O3S+. The summed E-state index contributed by atoms with van der Waals surface area (Å²) >= 11 is 0. The lowest BCUT2D eigenvalue weighted by Gasteiger charge is -2.32. The van der Waals surface area contributed by atoms with Gasteiger partial charge < -0.3 is 9.80 Å². The van der Waals surface area contributed by atoms with Crippen LogP contribution < -0.4 is 9.21 Å². The number of nitrogens with one attached hydrogen (secondary N) is 1. The van der Waals surface area contributed by atoms with Crippen molar-refractivity contribution in [3.8, 4) is 0 Å². The maximum Gasteiger partial charge on any atom is 0.264 e. The Balaban J connectivity index is 1.94. The lowest BCUT2D eigenvalue weighted by molar-refractivity contribution is -0.883. The molecule has 0 aliphatic carbocycles. The minimum Gasteiger partial charge on any atom is -0.334 e. The highest BCUT2D eigenvalue weighted by atomic mass is 32.2. The van der Waals surface area contributed by atoms with Crippen molar-refractivity contribution >= 4 is 21.6 Å². The molecule has 6 nitrogen and oxygen atoms in total. The van der Waals surface area contributed by atoms with E-state index in [1.807, 2.05) is 7.05 Å². The molecule has 0 atom stereocenters. The zero-order valence-electron chi connectivity index (χ0n) is 15.1. The number of sulfonamides is 1. The van der Waals surface area contributed by atoms with Gasteiger partial charge in [-0.1, -0.05) is 30.3 Å².